The minimum Gasteiger partial charge on any atom is -0.456 e. The van der Waals surface area contributed by atoms with E-state index < -0.39 is 0 Å². The van der Waals surface area contributed by atoms with Crippen molar-refractivity contribution in [1.82, 2.24) is 9.97 Å². The van der Waals surface area contributed by atoms with Gasteiger partial charge in [-0.05, 0) is 102 Å². The summed E-state index contributed by atoms with van der Waals surface area (Å²) >= 11 is 0. The van der Waals surface area contributed by atoms with Crippen molar-refractivity contribution in [2.24, 2.45) is 0 Å². The predicted octanol–water partition coefficient (Wildman–Crippen LogP) is 13.6. The maximum Gasteiger partial charge on any atom is 0.161 e. The fourth-order valence-corrected chi connectivity index (χ4v) is 8.82. The number of hydrogen-bond acceptors (Lipinski definition) is 3. The quantitative estimate of drug-likeness (QED) is 0.175. The van der Waals surface area contributed by atoms with Gasteiger partial charge in [-0.15, -0.1) is 0 Å². The molecule has 0 spiro atoms. The molecule has 244 valence electrons. The standard InChI is InChI=1S/C50H28N2O/c1-2-11-30-26-32(21-20-29(30)10-1)43-28-44(42-27-31-12-3-4-13-33(31)34-14-5-6-15-35(34)42)52-50(51-43)39-23-22-37-38-24-25-46-49(40-16-7-8-19-45(40)53-46)48(38)41-18-9-17-36(39)47(37)41/h1-28H. The topological polar surface area (TPSA) is 38.9 Å². The Morgan fingerprint density at radius 1 is 0.340 bits per heavy atom. The smallest absolute Gasteiger partial charge is 0.161 e. The monoisotopic (exact) mass is 672 g/mol. The highest BCUT2D eigenvalue weighted by Gasteiger charge is 2.27. The van der Waals surface area contributed by atoms with Gasteiger partial charge in [0, 0.05) is 33.0 Å². The van der Waals surface area contributed by atoms with E-state index in [1.54, 1.807) is 0 Å². The van der Waals surface area contributed by atoms with Crippen molar-refractivity contribution in [3.05, 3.63) is 170 Å². The third-order valence-electron chi connectivity index (χ3n) is 11.2. The van der Waals surface area contributed by atoms with Crippen molar-refractivity contribution >= 4 is 65.0 Å². The van der Waals surface area contributed by atoms with Crippen molar-refractivity contribution in [2.45, 2.75) is 0 Å². The zero-order chi connectivity index (χ0) is 34.6. The summed E-state index contributed by atoms with van der Waals surface area (Å²) in [5, 5.41) is 11.9. The maximum absolute atomic E-state index is 6.34. The number of furan rings is 1. The minimum atomic E-state index is 0.710. The molecule has 11 aromatic rings. The highest BCUT2D eigenvalue weighted by molar-refractivity contribution is 6.26. The van der Waals surface area contributed by atoms with E-state index in [1.807, 2.05) is 6.07 Å². The molecule has 0 saturated heterocycles. The molecule has 0 amide bonds. The molecule has 0 bridgehead atoms. The van der Waals surface area contributed by atoms with E-state index in [0.29, 0.717) is 5.82 Å². The van der Waals surface area contributed by atoms with Crippen molar-refractivity contribution in [3.8, 4) is 56.2 Å². The molecule has 0 atom stereocenters. The fourth-order valence-electron chi connectivity index (χ4n) is 8.82. The molecule has 12 rings (SSSR count). The molecule has 3 heteroatoms. The molecular weight excluding hydrogens is 645 g/mol. The third-order valence-corrected chi connectivity index (χ3v) is 11.2. The van der Waals surface area contributed by atoms with E-state index in [4.69, 9.17) is 14.4 Å². The minimum absolute atomic E-state index is 0.710. The van der Waals surface area contributed by atoms with Crippen LogP contribution in [0.5, 0.6) is 0 Å². The van der Waals surface area contributed by atoms with Gasteiger partial charge in [0.25, 0.3) is 0 Å². The lowest BCUT2D eigenvalue weighted by atomic mass is 9.94. The van der Waals surface area contributed by atoms with E-state index in [-0.39, 0.29) is 0 Å². The van der Waals surface area contributed by atoms with E-state index >= 15 is 0 Å². The summed E-state index contributed by atoms with van der Waals surface area (Å²) < 4.78 is 6.34. The van der Waals surface area contributed by atoms with E-state index in [1.165, 1.54) is 65.3 Å². The summed E-state index contributed by atoms with van der Waals surface area (Å²) in [5.74, 6) is 0.710. The number of fused-ring (bicyclic) bond motifs is 11. The average molecular weight is 673 g/mol. The Hall–Kier alpha value is -7.10. The van der Waals surface area contributed by atoms with E-state index in [9.17, 15) is 0 Å². The predicted molar refractivity (Wildman–Crippen MR) is 220 cm³/mol. The Balaban J connectivity index is 1.14. The van der Waals surface area contributed by atoms with Gasteiger partial charge in [0.2, 0.25) is 0 Å². The largest absolute Gasteiger partial charge is 0.456 e. The van der Waals surface area contributed by atoms with Crippen LogP contribution >= 0.6 is 0 Å². The first-order valence-corrected chi connectivity index (χ1v) is 18.1. The number of aromatic nitrogens is 2. The number of rotatable bonds is 3. The number of para-hydroxylation sites is 1. The van der Waals surface area contributed by atoms with Gasteiger partial charge in [-0.3, -0.25) is 0 Å². The lowest BCUT2D eigenvalue weighted by Gasteiger charge is -2.15. The molecular formula is C50H28N2O. The maximum atomic E-state index is 6.34. The van der Waals surface area contributed by atoms with Crippen LogP contribution in [0.15, 0.2) is 174 Å². The van der Waals surface area contributed by atoms with Crippen molar-refractivity contribution < 1.29 is 4.42 Å². The fraction of sp³-hybridized carbons (Fsp3) is 0. The second kappa shape index (κ2) is 10.7. The number of hydrogen-bond donors (Lipinski definition) is 0. The highest BCUT2D eigenvalue weighted by Crippen LogP contribution is 2.53. The van der Waals surface area contributed by atoms with Crippen LogP contribution < -0.4 is 0 Å². The van der Waals surface area contributed by atoms with Crippen LogP contribution in [0.2, 0.25) is 0 Å². The molecule has 1 aliphatic carbocycles. The van der Waals surface area contributed by atoms with Crippen LogP contribution in [0.1, 0.15) is 0 Å². The van der Waals surface area contributed by atoms with Gasteiger partial charge in [0.1, 0.15) is 11.2 Å². The summed E-state index contributed by atoms with van der Waals surface area (Å²) in [6.45, 7) is 0. The molecule has 0 unspecified atom stereocenters. The summed E-state index contributed by atoms with van der Waals surface area (Å²) in [4.78, 5) is 10.8. The lowest BCUT2D eigenvalue weighted by molar-refractivity contribution is 0.669. The number of benzene rings is 9. The van der Waals surface area contributed by atoms with Gasteiger partial charge < -0.3 is 4.42 Å². The molecule has 0 N–H and O–H groups in total. The van der Waals surface area contributed by atoms with Gasteiger partial charge in [0.05, 0.1) is 11.4 Å². The first kappa shape index (κ1) is 28.6. The van der Waals surface area contributed by atoms with Crippen LogP contribution in [0, 0.1) is 0 Å². The van der Waals surface area contributed by atoms with Gasteiger partial charge in [-0.2, -0.15) is 0 Å². The van der Waals surface area contributed by atoms with Crippen molar-refractivity contribution in [1.29, 1.82) is 0 Å². The van der Waals surface area contributed by atoms with Crippen LogP contribution in [0.4, 0.5) is 0 Å². The lowest BCUT2D eigenvalue weighted by Crippen LogP contribution is -1.97. The third kappa shape index (κ3) is 4.10. The molecule has 0 radical (unpaired) electrons. The zero-order valence-corrected chi connectivity index (χ0v) is 28.5. The summed E-state index contributed by atoms with van der Waals surface area (Å²) in [6, 6.07) is 60.7. The molecule has 1 aliphatic rings. The Morgan fingerprint density at radius 2 is 1.04 bits per heavy atom. The Bertz CT molecular complexity index is 3350. The first-order valence-electron chi connectivity index (χ1n) is 18.1. The van der Waals surface area contributed by atoms with Crippen LogP contribution in [-0.2, 0) is 0 Å². The van der Waals surface area contributed by atoms with Gasteiger partial charge in [-0.1, -0.05) is 127 Å². The van der Waals surface area contributed by atoms with Gasteiger partial charge >= 0.3 is 0 Å². The second-order valence-electron chi connectivity index (χ2n) is 14.1. The molecule has 9 aromatic carbocycles. The Kier molecular flexibility index (Phi) is 5.77. The zero-order valence-electron chi connectivity index (χ0n) is 28.5. The second-order valence-corrected chi connectivity index (χ2v) is 14.1. The SMILES string of the molecule is c1ccc2cc(-c3cc(-c4cc5ccccc5c5ccccc45)nc(-c4ccc5c6c(cccc46)-c4c-5ccc5oc6ccccc6c45)n3)ccc2c1. The molecule has 0 fully saturated rings. The van der Waals surface area contributed by atoms with E-state index in [0.717, 1.165) is 50.0 Å². The molecule has 53 heavy (non-hydrogen) atoms. The highest BCUT2D eigenvalue weighted by atomic mass is 16.3. The first-order chi connectivity index (χ1) is 26.3. The van der Waals surface area contributed by atoms with Crippen LogP contribution in [-0.4, -0.2) is 9.97 Å². The van der Waals surface area contributed by atoms with Crippen LogP contribution in [0.3, 0.4) is 0 Å². The summed E-state index contributed by atoms with van der Waals surface area (Å²) in [6.07, 6.45) is 0. The van der Waals surface area contributed by atoms with E-state index in [2.05, 4.69) is 164 Å². The summed E-state index contributed by atoms with van der Waals surface area (Å²) in [5.41, 5.74) is 11.7. The van der Waals surface area contributed by atoms with Crippen LogP contribution in [0.25, 0.3) is 121 Å². The van der Waals surface area contributed by atoms with Crippen molar-refractivity contribution in [3.63, 3.8) is 0 Å². The molecule has 0 saturated carbocycles. The molecule has 0 aliphatic heterocycles. The van der Waals surface area contributed by atoms with Gasteiger partial charge in [-0.25, -0.2) is 9.97 Å². The normalized spacial score (nSPS) is 12.2. The Labute approximate surface area is 304 Å². The molecule has 3 nitrogen and oxygen atoms in total. The Morgan fingerprint density at radius 3 is 1.94 bits per heavy atom. The molecule has 2 aromatic heterocycles. The summed E-state index contributed by atoms with van der Waals surface area (Å²) in [7, 11) is 0. The van der Waals surface area contributed by atoms with Gasteiger partial charge in [0.15, 0.2) is 5.82 Å². The molecule has 2 heterocycles. The van der Waals surface area contributed by atoms with Crippen molar-refractivity contribution in [2.75, 3.05) is 0 Å². The number of nitrogens with zero attached hydrogens (tertiary/aromatic N) is 2. The average Bonchev–Trinajstić information content (AvgIpc) is 3.77.